The van der Waals surface area contributed by atoms with Crippen molar-refractivity contribution in [3.8, 4) is 11.5 Å². The molecule has 0 saturated heterocycles. The fourth-order valence-electron chi connectivity index (χ4n) is 2.78. The van der Waals surface area contributed by atoms with Crippen LogP contribution in [0, 0.1) is 19.3 Å². The molecule has 0 heterocycles. The van der Waals surface area contributed by atoms with E-state index >= 15 is 0 Å². The van der Waals surface area contributed by atoms with Crippen LogP contribution >= 0.6 is 0 Å². The van der Waals surface area contributed by atoms with Crippen LogP contribution < -0.4 is 9.47 Å². The zero-order chi connectivity index (χ0) is 18.4. The normalized spacial score (nSPS) is 10.4. The number of ether oxygens (including phenoxy) is 2. The molecule has 0 amide bonds. The second-order valence-corrected chi connectivity index (χ2v) is 6.44. The minimum absolute atomic E-state index is 0.487. The van der Waals surface area contributed by atoms with E-state index in [0.29, 0.717) is 24.7 Å². The SMILES string of the molecule is Cc1cccc(COc2cc(C=N)cc(OCc3cccc(C)c3)c2)c1. The summed E-state index contributed by atoms with van der Waals surface area (Å²) in [5.41, 5.74) is 5.41. The quantitative estimate of drug-likeness (QED) is 0.578. The average Bonchev–Trinajstić information content (AvgIpc) is 2.65. The predicted molar refractivity (Wildman–Crippen MR) is 105 cm³/mol. The smallest absolute Gasteiger partial charge is 0.124 e. The molecule has 0 spiro atoms. The molecule has 0 fully saturated rings. The Bertz CT molecular complexity index is 834. The van der Waals surface area contributed by atoms with Gasteiger partial charge in [0.05, 0.1) is 0 Å². The second kappa shape index (κ2) is 8.34. The van der Waals surface area contributed by atoms with E-state index in [2.05, 4.69) is 38.1 Å². The van der Waals surface area contributed by atoms with Crippen LogP contribution in [0.15, 0.2) is 66.7 Å². The van der Waals surface area contributed by atoms with Crippen molar-refractivity contribution in [3.05, 3.63) is 94.5 Å². The number of rotatable bonds is 7. The Morgan fingerprint density at radius 2 is 1.23 bits per heavy atom. The summed E-state index contributed by atoms with van der Waals surface area (Å²) in [5.74, 6) is 1.40. The van der Waals surface area contributed by atoms with Gasteiger partial charge in [-0.3, -0.25) is 0 Å². The van der Waals surface area contributed by atoms with Crippen LogP contribution in [-0.4, -0.2) is 6.21 Å². The summed E-state index contributed by atoms with van der Waals surface area (Å²) >= 11 is 0. The van der Waals surface area contributed by atoms with E-state index in [-0.39, 0.29) is 0 Å². The molecular weight excluding hydrogens is 322 g/mol. The van der Waals surface area contributed by atoms with Gasteiger partial charge < -0.3 is 14.9 Å². The summed E-state index contributed by atoms with van der Waals surface area (Å²) in [5, 5.41) is 7.55. The first-order valence-electron chi connectivity index (χ1n) is 8.64. The molecule has 26 heavy (non-hydrogen) atoms. The van der Waals surface area contributed by atoms with Gasteiger partial charge in [0.1, 0.15) is 24.7 Å². The Morgan fingerprint density at radius 3 is 1.65 bits per heavy atom. The van der Waals surface area contributed by atoms with Crippen LogP contribution in [-0.2, 0) is 13.2 Å². The Labute approximate surface area is 154 Å². The lowest BCUT2D eigenvalue weighted by molar-refractivity contribution is 0.290. The third kappa shape index (κ3) is 4.96. The summed E-state index contributed by atoms with van der Waals surface area (Å²) in [7, 11) is 0. The van der Waals surface area contributed by atoms with E-state index in [9.17, 15) is 0 Å². The van der Waals surface area contributed by atoms with Gasteiger partial charge in [0.25, 0.3) is 0 Å². The van der Waals surface area contributed by atoms with Gasteiger partial charge in [-0.15, -0.1) is 0 Å². The van der Waals surface area contributed by atoms with E-state index in [1.54, 1.807) is 0 Å². The molecule has 0 saturated carbocycles. The first-order valence-corrected chi connectivity index (χ1v) is 8.64. The third-order valence-corrected chi connectivity index (χ3v) is 4.05. The van der Waals surface area contributed by atoms with Crippen molar-refractivity contribution in [2.45, 2.75) is 27.1 Å². The van der Waals surface area contributed by atoms with E-state index in [1.165, 1.54) is 17.3 Å². The molecule has 132 valence electrons. The lowest BCUT2D eigenvalue weighted by atomic mass is 10.1. The van der Waals surface area contributed by atoms with Crippen LogP contribution in [0.4, 0.5) is 0 Å². The second-order valence-electron chi connectivity index (χ2n) is 6.44. The van der Waals surface area contributed by atoms with Crippen molar-refractivity contribution >= 4 is 6.21 Å². The summed E-state index contributed by atoms with van der Waals surface area (Å²) in [6.45, 7) is 5.10. The Balaban J connectivity index is 1.70. The first-order chi connectivity index (χ1) is 12.6. The molecule has 0 aromatic heterocycles. The summed E-state index contributed by atoms with van der Waals surface area (Å²) in [6.07, 6.45) is 1.30. The highest BCUT2D eigenvalue weighted by molar-refractivity contribution is 5.78. The molecule has 0 unspecified atom stereocenters. The van der Waals surface area contributed by atoms with E-state index < -0.39 is 0 Å². The zero-order valence-electron chi connectivity index (χ0n) is 15.2. The highest BCUT2D eigenvalue weighted by atomic mass is 16.5. The maximum atomic E-state index is 7.55. The van der Waals surface area contributed by atoms with Gasteiger partial charge in [-0.1, -0.05) is 59.7 Å². The van der Waals surface area contributed by atoms with E-state index in [0.717, 1.165) is 16.7 Å². The van der Waals surface area contributed by atoms with Crippen molar-refractivity contribution in [2.24, 2.45) is 0 Å². The molecule has 0 aliphatic carbocycles. The van der Waals surface area contributed by atoms with Crippen molar-refractivity contribution in [1.82, 2.24) is 0 Å². The van der Waals surface area contributed by atoms with Gasteiger partial charge >= 0.3 is 0 Å². The maximum absolute atomic E-state index is 7.55. The predicted octanol–water partition coefficient (Wildman–Crippen LogP) is 5.46. The number of hydrogen-bond donors (Lipinski definition) is 1. The van der Waals surface area contributed by atoms with Crippen LogP contribution in [0.5, 0.6) is 11.5 Å². The average molecular weight is 345 g/mol. The Kier molecular flexibility index (Phi) is 5.69. The minimum Gasteiger partial charge on any atom is -0.489 e. The standard InChI is InChI=1S/C23H23NO2/c1-17-5-3-7-19(9-17)15-25-22-11-21(14-24)12-23(13-22)26-16-20-8-4-6-18(2)10-20/h3-14,24H,15-16H2,1-2H3. The van der Waals surface area contributed by atoms with E-state index in [4.69, 9.17) is 14.9 Å². The highest BCUT2D eigenvalue weighted by Gasteiger charge is 2.04. The van der Waals surface area contributed by atoms with Gasteiger partial charge in [-0.2, -0.15) is 0 Å². The van der Waals surface area contributed by atoms with Crippen LogP contribution in [0.1, 0.15) is 27.8 Å². The summed E-state index contributed by atoms with van der Waals surface area (Å²) < 4.78 is 11.8. The Hall–Kier alpha value is -3.07. The Morgan fingerprint density at radius 1 is 0.731 bits per heavy atom. The van der Waals surface area contributed by atoms with Gasteiger partial charge in [0.15, 0.2) is 0 Å². The molecule has 3 heteroatoms. The number of nitrogens with one attached hydrogen (secondary N) is 1. The van der Waals surface area contributed by atoms with Crippen LogP contribution in [0.2, 0.25) is 0 Å². The number of aryl methyl sites for hydroxylation is 2. The molecule has 0 bridgehead atoms. The molecule has 3 aromatic rings. The minimum atomic E-state index is 0.487. The number of benzene rings is 3. The molecule has 0 atom stereocenters. The third-order valence-electron chi connectivity index (χ3n) is 4.05. The van der Waals surface area contributed by atoms with Crippen molar-refractivity contribution in [2.75, 3.05) is 0 Å². The van der Waals surface area contributed by atoms with Crippen LogP contribution in [0.3, 0.4) is 0 Å². The molecule has 0 aliphatic heterocycles. The molecule has 0 aliphatic rings. The lowest BCUT2D eigenvalue weighted by Crippen LogP contribution is -1.99. The topological polar surface area (TPSA) is 42.3 Å². The highest BCUT2D eigenvalue weighted by Crippen LogP contribution is 2.24. The summed E-state index contributed by atoms with van der Waals surface area (Å²) in [4.78, 5) is 0. The van der Waals surface area contributed by atoms with Crippen LogP contribution in [0.25, 0.3) is 0 Å². The molecule has 3 rings (SSSR count). The van der Waals surface area contributed by atoms with Crippen molar-refractivity contribution < 1.29 is 9.47 Å². The van der Waals surface area contributed by atoms with Gasteiger partial charge in [-0.25, -0.2) is 0 Å². The molecule has 0 radical (unpaired) electrons. The fourth-order valence-corrected chi connectivity index (χ4v) is 2.78. The largest absolute Gasteiger partial charge is 0.489 e. The van der Waals surface area contributed by atoms with Crippen molar-refractivity contribution in [1.29, 1.82) is 5.41 Å². The van der Waals surface area contributed by atoms with Gasteiger partial charge in [0.2, 0.25) is 0 Å². The van der Waals surface area contributed by atoms with Gasteiger partial charge in [0, 0.05) is 12.3 Å². The lowest BCUT2D eigenvalue weighted by Gasteiger charge is -2.12. The monoisotopic (exact) mass is 345 g/mol. The van der Waals surface area contributed by atoms with Crippen molar-refractivity contribution in [3.63, 3.8) is 0 Å². The first kappa shape index (κ1) is 17.7. The fraction of sp³-hybridized carbons (Fsp3) is 0.174. The van der Waals surface area contributed by atoms with E-state index in [1.807, 2.05) is 42.5 Å². The molecule has 3 nitrogen and oxygen atoms in total. The molecular formula is C23H23NO2. The van der Waals surface area contributed by atoms with Gasteiger partial charge in [-0.05, 0) is 42.7 Å². The number of hydrogen-bond acceptors (Lipinski definition) is 3. The molecule has 3 aromatic carbocycles. The summed E-state index contributed by atoms with van der Waals surface area (Å²) in [6, 6.07) is 22.1. The maximum Gasteiger partial charge on any atom is 0.124 e. The zero-order valence-corrected chi connectivity index (χ0v) is 15.2. The molecule has 1 N–H and O–H groups in total.